The number of hydrogen-bond donors (Lipinski definition) is 0. The van der Waals surface area contributed by atoms with Crippen molar-refractivity contribution in [2.75, 3.05) is 19.6 Å². The van der Waals surface area contributed by atoms with E-state index in [1.165, 1.54) is 128 Å². The van der Waals surface area contributed by atoms with Crippen LogP contribution in [-0.4, -0.2) is 13.4 Å². The Kier molecular flexibility index (Phi) is 16.4. The van der Waals surface area contributed by atoms with Crippen LogP contribution in [0.25, 0.3) is 33.4 Å². The van der Waals surface area contributed by atoms with E-state index in [9.17, 15) is 0 Å². The summed E-state index contributed by atoms with van der Waals surface area (Å²) in [7, 11) is 0. The zero-order chi connectivity index (χ0) is 75.6. The van der Waals surface area contributed by atoms with Gasteiger partial charge < -0.3 is 24.3 Å². The number of benzene rings is 16. The van der Waals surface area contributed by atoms with Crippen molar-refractivity contribution >= 4 is 114 Å². The van der Waals surface area contributed by atoms with Gasteiger partial charge in [0.1, 0.15) is 11.5 Å². The number of ether oxygens (including phenoxy) is 1. The maximum absolute atomic E-state index is 7.28. The quantitative estimate of drug-likeness (QED) is 0.101. The van der Waals surface area contributed by atoms with Gasteiger partial charge in [0.2, 0.25) is 0 Å². The van der Waals surface area contributed by atoms with Gasteiger partial charge in [0.25, 0.3) is 13.4 Å². The molecule has 0 saturated heterocycles. The molecule has 538 valence electrons. The first kappa shape index (κ1) is 67.7. The molecule has 0 fully saturated rings. The van der Waals surface area contributed by atoms with Crippen LogP contribution in [0.5, 0.6) is 11.5 Å². The molecule has 0 N–H and O–H groups in total. The Bertz CT molecular complexity index is 6300. The average Bonchev–Trinajstić information content (AvgIpc) is 1.52. The Hall–Kier alpha value is -13.4. The largest absolute Gasteiger partial charge is 0.458 e. The van der Waals surface area contributed by atoms with Gasteiger partial charge in [0, 0.05) is 62.9 Å². The third-order valence-corrected chi connectivity index (χ3v) is 24.8. The molecule has 0 amide bonds. The molecule has 21 rings (SSSR count). The third-order valence-electron chi connectivity index (χ3n) is 24.8. The molecule has 0 radical (unpaired) electrons. The first-order valence-electron chi connectivity index (χ1n) is 40.1. The molecular weight excluding hydrogens is 1370 g/mol. The van der Waals surface area contributed by atoms with Gasteiger partial charge in [-0.15, -0.1) is 0 Å². The fraction of sp³-hybridized carbons (Fsp3) is 0.0943. The van der Waals surface area contributed by atoms with Gasteiger partial charge in [-0.25, -0.2) is 0 Å². The predicted molar refractivity (Wildman–Crippen MR) is 476 cm³/mol. The van der Waals surface area contributed by atoms with E-state index in [0.29, 0.717) is 5.92 Å². The average molecular weight is 1450 g/mol. The molecular formula is C106H82B2N4O. The van der Waals surface area contributed by atoms with Gasteiger partial charge in [0.15, 0.2) is 0 Å². The Morgan fingerprint density at radius 1 is 0.301 bits per heavy atom. The topological polar surface area (TPSA) is 22.2 Å². The lowest BCUT2D eigenvalue weighted by Gasteiger charge is -2.45. The van der Waals surface area contributed by atoms with E-state index in [4.69, 9.17) is 4.74 Å². The van der Waals surface area contributed by atoms with Gasteiger partial charge >= 0.3 is 0 Å². The number of nitrogens with zero attached hydrogens (tertiary/aromatic N) is 4. The molecule has 5 nitrogen and oxygen atoms in total. The van der Waals surface area contributed by atoms with Crippen molar-refractivity contribution < 1.29 is 4.74 Å². The molecule has 1 spiro atoms. The number of anilines is 12. The number of hydrogen-bond acceptors (Lipinski definition) is 5. The molecule has 1 aliphatic carbocycles. The van der Waals surface area contributed by atoms with E-state index in [0.717, 1.165) is 69.1 Å². The molecule has 4 aliphatic heterocycles. The molecule has 4 heterocycles. The highest BCUT2D eigenvalue weighted by atomic mass is 16.5. The summed E-state index contributed by atoms with van der Waals surface area (Å²) in [6, 6.07) is 141. The van der Waals surface area contributed by atoms with Crippen LogP contribution in [0, 0.1) is 0 Å². The minimum atomic E-state index is -0.504. The van der Waals surface area contributed by atoms with Crippen molar-refractivity contribution in [1.29, 1.82) is 0 Å². The predicted octanol–water partition coefficient (Wildman–Crippen LogP) is 23.9. The summed E-state index contributed by atoms with van der Waals surface area (Å²) in [5.41, 5.74) is 38.5. The maximum atomic E-state index is 7.28. The lowest BCUT2D eigenvalue weighted by atomic mass is 9.33. The van der Waals surface area contributed by atoms with E-state index in [1.807, 2.05) is 0 Å². The highest BCUT2D eigenvalue weighted by Crippen LogP contribution is 2.64. The first-order chi connectivity index (χ1) is 55.6. The van der Waals surface area contributed by atoms with Crippen molar-refractivity contribution in [3.8, 4) is 44.9 Å². The van der Waals surface area contributed by atoms with Crippen LogP contribution in [-0.2, 0) is 11.8 Å². The SMILES string of the molecule is CC(C)c1cc(C(C)C)c(B2c3ccccc3Oc3cc(N4c5ccccc5C5(c6ccccc6-c6ccccc65)c5ccccc54)ccc32)c(C(C)Cc2ccc(N(c3ccccc3)c3ccc4c(c3)N(c3ccccc3)c3cccc5c3B4c3ccc(-c4ccccc4)cc3N5c3cccc(-c4ccccc4)c3)cc2)c1. The van der Waals surface area contributed by atoms with E-state index >= 15 is 0 Å². The molecule has 1 atom stereocenters. The monoisotopic (exact) mass is 1450 g/mol. The van der Waals surface area contributed by atoms with Crippen molar-refractivity contribution in [1.82, 2.24) is 0 Å². The molecule has 0 saturated carbocycles. The second-order valence-corrected chi connectivity index (χ2v) is 31.8. The second-order valence-electron chi connectivity index (χ2n) is 31.8. The lowest BCUT2D eigenvalue weighted by molar-refractivity contribution is 0.487. The minimum absolute atomic E-state index is 0.0706. The Balaban J connectivity index is 0.655. The fourth-order valence-electron chi connectivity index (χ4n) is 19.7. The van der Waals surface area contributed by atoms with Crippen LogP contribution >= 0.6 is 0 Å². The normalized spacial score (nSPS) is 13.7. The third kappa shape index (κ3) is 10.9. The van der Waals surface area contributed by atoms with Gasteiger partial charge in [-0.05, 0) is 233 Å². The summed E-state index contributed by atoms with van der Waals surface area (Å²) in [6.07, 6.45) is 0.844. The zero-order valence-corrected chi connectivity index (χ0v) is 64.1. The van der Waals surface area contributed by atoms with Crippen molar-refractivity contribution in [2.45, 2.75) is 64.2 Å². The Morgan fingerprint density at radius 3 is 1.42 bits per heavy atom. The second kappa shape index (κ2) is 27.3. The molecule has 113 heavy (non-hydrogen) atoms. The van der Waals surface area contributed by atoms with E-state index in [1.54, 1.807) is 0 Å². The smallest absolute Gasteiger partial charge is 0.252 e. The highest BCUT2D eigenvalue weighted by molar-refractivity contribution is 7.00. The summed E-state index contributed by atoms with van der Waals surface area (Å²) in [5, 5.41) is 0. The van der Waals surface area contributed by atoms with Crippen LogP contribution in [0.3, 0.4) is 0 Å². The fourth-order valence-corrected chi connectivity index (χ4v) is 19.7. The molecule has 0 bridgehead atoms. The Morgan fingerprint density at radius 2 is 0.761 bits per heavy atom. The molecule has 5 aliphatic rings. The first-order valence-corrected chi connectivity index (χ1v) is 40.1. The van der Waals surface area contributed by atoms with Crippen molar-refractivity contribution in [3.05, 3.63) is 421 Å². The molecule has 16 aromatic carbocycles. The van der Waals surface area contributed by atoms with Crippen LogP contribution in [0.1, 0.15) is 96.9 Å². The van der Waals surface area contributed by atoms with E-state index in [2.05, 4.69) is 430 Å². The summed E-state index contributed by atoms with van der Waals surface area (Å²) in [4.78, 5) is 9.98. The molecule has 1 unspecified atom stereocenters. The van der Waals surface area contributed by atoms with Gasteiger partial charge in [-0.2, -0.15) is 0 Å². The lowest BCUT2D eigenvalue weighted by Crippen LogP contribution is -2.61. The Labute approximate surface area is 664 Å². The zero-order valence-electron chi connectivity index (χ0n) is 64.1. The number of fused-ring (bicyclic) bond motifs is 15. The summed E-state index contributed by atoms with van der Waals surface area (Å²) in [6.45, 7) is 11.8. The van der Waals surface area contributed by atoms with Crippen molar-refractivity contribution in [2.24, 2.45) is 0 Å². The van der Waals surface area contributed by atoms with Crippen LogP contribution < -0.4 is 57.1 Å². The summed E-state index contributed by atoms with van der Waals surface area (Å²) >= 11 is 0. The molecule has 7 heteroatoms. The maximum Gasteiger partial charge on any atom is 0.252 e. The molecule has 0 aromatic heterocycles. The number of rotatable bonds is 14. The van der Waals surface area contributed by atoms with E-state index < -0.39 is 5.41 Å². The minimum Gasteiger partial charge on any atom is -0.458 e. The standard InChI is InChI=1S/C106H82B2N4O/c1-69(2)77-64-86(70(3)4)104(108-94-46-24-27-51-102(94)113-103-68-83(58-61-95(103)108)111-96-47-25-22-44-90(96)106(91-45-23-26-48-97(91)111)88-42-20-18-40-84(88)85-41-19-21-43-89(85)106)87(65-77)71(5)62-72-52-55-80(56-53-72)109(78-35-14-8-15-36-78)82-57-60-93-101(67-82)110(79-37-16-9-17-38-79)98-49-29-50-99-105(98)107(93)92-59-54-76(74-32-12-7-13-33-74)66-100(92)112(99)81-39-28-34-75(63-81)73-30-10-6-11-31-73/h6-61,63-71H,62H2,1-5H3. The van der Waals surface area contributed by atoms with Crippen LogP contribution in [0.4, 0.5) is 68.2 Å². The van der Waals surface area contributed by atoms with Gasteiger partial charge in [-0.1, -0.05) is 307 Å². The van der Waals surface area contributed by atoms with Crippen LogP contribution in [0.2, 0.25) is 0 Å². The highest BCUT2D eigenvalue weighted by Gasteiger charge is 2.52. The number of para-hydroxylation sites is 5. The summed E-state index contributed by atoms with van der Waals surface area (Å²) in [5.74, 6) is 2.50. The van der Waals surface area contributed by atoms with Crippen molar-refractivity contribution in [3.63, 3.8) is 0 Å². The van der Waals surface area contributed by atoms with Gasteiger partial charge in [0.05, 0.1) is 16.8 Å². The van der Waals surface area contributed by atoms with E-state index in [-0.39, 0.29) is 25.3 Å². The molecule has 16 aromatic rings. The van der Waals surface area contributed by atoms with Crippen LogP contribution in [0.15, 0.2) is 376 Å². The summed E-state index contributed by atoms with van der Waals surface area (Å²) < 4.78 is 7.28. The van der Waals surface area contributed by atoms with Gasteiger partial charge in [-0.3, -0.25) is 0 Å².